The molecule has 200 valence electrons. The zero-order valence-electron chi connectivity index (χ0n) is 22.5. The van der Waals surface area contributed by atoms with Crippen LogP contribution in [-0.2, 0) is 33.3 Å². The normalized spacial score (nSPS) is 52.0. The molecule has 5 aliphatic carbocycles. The maximum atomic E-state index is 12.8. The monoisotopic (exact) mass is 503 g/mol. The fourth-order valence-corrected chi connectivity index (χ4v) is 11.1. The third kappa shape index (κ3) is 2.86. The Balaban J connectivity index is 1.61. The Hall–Kier alpha value is -1.67. The molecule has 6 aliphatic rings. The molecule has 0 aromatic heterocycles. The second-order valence-electron chi connectivity index (χ2n) is 12.8. The van der Waals surface area contributed by atoms with Gasteiger partial charge in [-0.25, -0.2) is 0 Å². The van der Waals surface area contributed by atoms with Crippen molar-refractivity contribution < 1.29 is 33.3 Å². The lowest BCUT2D eigenvalue weighted by molar-refractivity contribution is -0.275. The lowest BCUT2D eigenvalue weighted by Crippen LogP contribution is -2.76. The number of ether oxygens (including phenoxy) is 4. The lowest BCUT2D eigenvalue weighted by atomic mass is 9.43. The van der Waals surface area contributed by atoms with Gasteiger partial charge >= 0.3 is 17.9 Å². The van der Waals surface area contributed by atoms with E-state index in [2.05, 4.69) is 18.7 Å². The van der Waals surface area contributed by atoms with Crippen molar-refractivity contribution in [1.82, 2.24) is 4.90 Å². The second kappa shape index (κ2) is 7.92. The van der Waals surface area contributed by atoms with Gasteiger partial charge in [0.05, 0.1) is 6.10 Å². The molecule has 36 heavy (non-hydrogen) atoms. The largest absolute Gasteiger partial charge is 0.462 e. The minimum atomic E-state index is -0.767. The molecule has 0 amide bonds. The molecule has 1 heterocycles. The van der Waals surface area contributed by atoms with Gasteiger partial charge in [-0.15, -0.1) is 0 Å². The van der Waals surface area contributed by atoms with Gasteiger partial charge in [-0.1, -0.05) is 13.8 Å². The number of methoxy groups -OCH3 is 1. The predicted molar refractivity (Wildman–Crippen MR) is 129 cm³/mol. The Kier molecular flexibility index (Phi) is 5.42. The number of piperidine rings is 1. The molecular weight excluding hydrogens is 462 g/mol. The first-order valence-electron chi connectivity index (χ1n) is 13.8. The van der Waals surface area contributed by atoms with Crippen LogP contribution in [0.15, 0.2) is 0 Å². The van der Waals surface area contributed by atoms with Crippen molar-refractivity contribution >= 4 is 17.9 Å². The molecule has 8 nitrogen and oxygen atoms in total. The summed E-state index contributed by atoms with van der Waals surface area (Å²) >= 11 is 0. The van der Waals surface area contributed by atoms with Crippen molar-refractivity contribution in [2.45, 2.75) is 96.7 Å². The van der Waals surface area contributed by atoms with Crippen LogP contribution in [0.3, 0.4) is 0 Å². The van der Waals surface area contributed by atoms with E-state index in [1.165, 1.54) is 20.8 Å². The van der Waals surface area contributed by atoms with E-state index in [9.17, 15) is 14.4 Å². The Morgan fingerprint density at radius 3 is 2.33 bits per heavy atom. The van der Waals surface area contributed by atoms with Crippen molar-refractivity contribution in [2.75, 3.05) is 20.2 Å². The van der Waals surface area contributed by atoms with Gasteiger partial charge < -0.3 is 18.9 Å². The van der Waals surface area contributed by atoms with Crippen LogP contribution in [0.5, 0.6) is 0 Å². The Morgan fingerprint density at radius 1 is 1.00 bits per heavy atom. The highest BCUT2D eigenvalue weighted by Gasteiger charge is 2.85. The van der Waals surface area contributed by atoms with Gasteiger partial charge in [0, 0.05) is 70.1 Å². The molecule has 0 aromatic rings. The van der Waals surface area contributed by atoms with Gasteiger partial charge in [0.25, 0.3) is 0 Å². The summed E-state index contributed by atoms with van der Waals surface area (Å²) in [4.78, 5) is 40.2. The number of carbonyl (C=O) groups excluding carboxylic acids is 3. The van der Waals surface area contributed by atoms with Gasteiger partial charge in [-0.3, -0.25) is 19.3 Å². The van der Waals surface area contributed by atoms with Crippen molar-refractivity contribution in [3.8, 4) is 0 Å². The molecule has 6 fully saturated rings. The predicted octanol–water partition coefficient (Wildman–Crippen LogP) is 2.96. The average Bonchev–Trinajstić information content (AvgIpc) is 3.23. The highest BCUT2D eigenvalue weighted by atomic mass is 16.6. The zero-order chi connectivity index (χ0) is 25.8. The molecule has 6 rings (SSSR count). The van der Waals surface area contributed by atoms with E-state index in [1.54, 1.807) is 7.11 Å². The van der Waals surface area contributed by atoms with Crippen LogP contribution in [-0.4, -0.2) is 73.0 Å². The Labute approximate surface area is 213 Å². The van der Waals surface area contributed by atoms with Crippen LogP contribution in [0, 0.1) is 40.4 Å². The van der Waals surface area contributed by atoms with E-state index in [0.29, 0.717) is 12.3 Å². The molecule has 8 heteroatoms. The average molecular weight is 504 g/mol. The van der Waals surface area contributed by atoms with Gasteiger partial charge in [0.2, 0.25) is 0 Å². The van der Waals surface area contributed by atoms with Crippen LogP contribution in [0.25, 0.3) is 0 Å². The molecule has 2 unspecified atom stereocenters. The van der Waals surface area contributed by atoms with E-state index in [0.717, 1.165) is 38.8 Å². The number of hydrogen-bond acceptors (Lipinski definition) is 8. The van der Waals surface area contributed by atoms with E-state index in [-0.39, 0.29) is 76.8 Å². The van der Waals surface area contributed by atoms with Gasteiger partial charge in [-0.05, 0) is 49.5 Å². The summed E-state index contributed by atoms with van der Waals surface area (Å²) in [5.41, 5.74) is -0.914. The highest BCUT2D eigenvalue weighted by Crippen LogP contribution is 2.79. The van der Waals surface area contributed by atoms with E-state index in [4.69, 9.17) is 18.9 Å². The highest BCUT2D eigenvalue weighted by molar-refractivity contribution is 5.68. The molecule has 12 atom stereocenters. The first-order valence-corrected chi connectivity index (χ1v) is 13.8. The minimum Gasteiger partial charge on any atom is -0.462 e. The van der Waals surface area contributed by atoms with Crippen molar-refractivity contribution in [2.24, 2.45) is 40.4 Å². The quantitative estimate of drug-likeness (QED) is 0.418. The molecular formula is C28H41NO7. The third-order valence-electron chi connectivity index (χ3n) is 11.5. The number of rotatable bonds is 5. The summed E-state index contributed by atoms with van der Waals surface area (Å²) in [6.45, 7) is 11.0. The van der Waals surface area contributed by atoms with E-state index >= 15 is 0 Å². The summed E-state index contributed by atoms with van der Waals surface area (Å²) in [6, 6.07) is 0.151. The summed E-state index contributed by atoms with van der Waals surface area (Å²) in [7, 11) is 1.71. The summed E-state index contributed by atoms with van der Waals surface area (Å²) in [5, 5.41) is 0. The molecule has 1 saturated heterocycles. The second-order valence-corrected chi connectivity index (χ2v) is 12.8. The topological polar surface area (TPSA) is 91.4 Å². The Bertz CT molecular complexity index is 985. The molecule has 7 bridgehead atoms. The number of likely N-dealkylation sites (tertiary alicyclic amines) is 1. The maximum Gasteiger partial charge on any atom is 0.303 e. The fraction of sp³-hybridized carbons (Fsp3) is 0.893. The zero-order valence-corrected chi connectivity index (χ0v) is 22.5. The summed E-state index contributed by atoms with van der Waals surface area (Å²) in [6.07, 6.45) is 3.54. The fourth-order valence-electron chi connectivity index (χ4n) is 11.1. The van der Waals surface area contributed by atoms with Crippen LogP contribution >= 0.6 is 0 Å². The SMILES string of the molecule is CCN1C[C@]2(C)CC[C@H](OC(C)=O)[C@]34C1[C@H](C[C@H]23)[C@@]1(OC(C)=O)C[C@H](OC)[C@H]2C[C@@H]4C1[C@H]2OC(C)=O. The van der Waals surface area contributed by atoms with Gasteiger partial charge in [0.15, 0.2) is 0 Å². The smallest absolute Gasteiger partial charge is 0.303 e. The standard InChI is InChI=1S/C28H41NO7/c1-7-29-13-26(5)9-8-22(34-14(2)30)28-18-10-17-20(33-6)12-27(36-16(4)32,19(25(28)29)11-21(26)28)23(18)24(17)35-15(3)31/h17-25H,7-13H2,1-6H3/t17-,18-,19+,20+,21-,22+,23?,24+,25?,26+,27+,28-/m1/s1. The van der Waals surface area contributed by atoms with E-state index < -0.39 is 5.60 Å². The molecule has 0 aromatic carbocycles. The molecule has 0 radical (unpaired) electrons. The number of nitrogens with zero attached hydrogens (tertiary/aromatic N) is 1. The molecule has 1 spiro atoms. The molecule has 0 N–H and O–H groups in total. The van der Waals surface area contributed by atoms with Gasteiger partial charge in [0.1, 0.15) is 17.8 Å². The Morgan fingerprint density at radius 2 is 1.72 bits per heavy atom. The third-order valence-corrected chi connectivity index (χ3v) is 11.5. The minimum absolute atomic E-state index is 0.0354. The maximum absolute atomic E-state index is 12.8. The van der Waals surface area contributed by atoms with E-state index in [1.807, 2.05) is 0 Å². The number of esters is 3. The number of carbonyl (C=O) groups is 3. The lowest BCUT2D eigenvalue weighted by Gasteiger charge is -2.69. The molecule has 5 saturated carbocycles. The summed E-state index contributed by atoms with van der Waals surface area (Å²) < 4.78 is 24.9. The summed E-state index contributed by atoms with van der Waals surface area (Å²) in [5.74, 6) is -0.373. The van der Waals surface area contributed by atoms with Crippen molar-refractivity contribution in [3.05, 3.63) is 0 Å². The molecule has 1 aliphatic heterocycles. The first-order chi connectivity index (χ1) is 17.0. The van der Waals surface area contributed by atoms with Gasteiger partial charge in [-0.2, -0.15) is 0 Å². The van der Waals surface area contributed by atoms with Crippen molar-refractivity contribution in [3.63, 3.8) is 0 Å². The first kappa shape index (κ1) is 24.7. The van der Waals surface area contributed by atoms with Crippen LogP contribution in [0.2, 0.25) is 0 Å². The van der Waals surface area contributed by atoms with Crippen LogP contribution in [0.1, 0.15) is 66.7 Å². The van der Waals surface area contributed by atoms with Crippen LogP contribution in [0.4, 0.5) is 0 Å². The number of hydrogen-bond donors (Lipinski definition) is 0. The van der Waals surface area contributed by atoms with Crippen molar-refractivity contribution in [1.29, 1.82) is 0 Å². The van der Waals surface area contributed by atoms with Crippen LogP contribution < -0.4 is 0 Å². The number of fused-ring (bicyclic) bond motifs is 2.